The van der Waals surface area contributed by atoms with Gasteiger partial charge in [-0.3, -0.25) is 0 Å². The summed E-state index contributed by atoms with van der Waals surface area (Å²) in [4.78, 5) is 2.85. The fraction of sp³-hybridized carbons (Fsp3) is 0.409. The van der Waals surface area contributed by atoms with E-state index < -0.39 is 0 Å². The van der Waals surface area contributed by atoms with Crippen LogP contribution in [0.15, 0.2) is 36.4 Å². The highest BCUT2D eigenvalue weighted by molar-refractivity contribution is 7.29. The van der Waals surface area contributed by atoms with Crippen LogP contribution in [0, 0.1) is 23.2 Å². The molecule has 3 aromatic rings. The van der Waals surface area contributed by atoms with Gasteiger partial charge in [0.25, 0.3) is 0 Å². The number of fused-ring (bicyclic) bond motifs is 1. The molecular weight excluding hydrogens is 342 g/mol. The van der Waals surface area contributed by atoms with E-state index in [0.29, 0.717) is 0 Å². The second-order valence-electron chi connectivity index (χ2n) is 7.41. The summed E-state index contributed by atoms with van der Waals surface area (Å²) < 4.78 is 2.83. The average Bonchev–Trinajstić information content (AvgIpc) is 3.20. The van der Waals surface area contributed by atoms with Crippen LogP contribution in [-0.2, 0) is 6.42 Å². The van der Waals surface area contributed by atoms with Crippen LogP contribution < -0.4 is 0 Å². The maximum atomic E-state index is 8.92. The van der Waals surface area contributed by atoms with Crippen molar-refractivity contribution in [3.8, 4) is 16.5 Å². The van der Waals surface area contributed by atoms with Crippen LogP contribution in [0.1, 0.15) is 49.5 Å². The average molecular weight is 366 g/mol. The molecule has 0 saturated heterocycles. The van der Waals surface area contributed by atoms with Crippen molar-refractivity contribution in [1.82, 2.24) is 0 Å². The third kappa shape index (κ3) is 3.81. The quantitative estimate of drug-likeness (QED) is 0.477. The number of aryl methyl sites for hydroxylation is 1. The summed E-state index contributed by atoms with van der Waals surface area (Å²) in [6.07, 6.45) is 8.34. The first-order valence-corrected chi connectivity index (χ1v) is 10.9. The van der Waals surface area contributed by atoms with Crippen molar-refractivity contribution in [2.45, 2.75) is 45.4 Å². The van der Waals surface area contributed by atoms with Gasteiger partial charge in [-0.1, -0.05) is 44.7 Å². The maximum absolute atomic E-state index is 8.92. The van der Waals surface area contributed by atoms with Crippen molar-refractivity contribution in [2.24, 2.45) is 11.8 Å². The van der Waals surface area contributed by atoms with E-state index in [9.17, 15) is 0 Å². The SMILES string of the molecule is CC1CCC(CCc2cc3sc(-c4ccc(C#N)cc4)cc3s2)CC1. The zero-order valence-electron chi connectivity index (χ0n) is 14.6. The molecule has 0 N–H and O–H groups in total. The normalized spacial score (nSPS) is 20.6. The molecule has 1 nitrogen and oxygen atoms in total. The Labute approximate surface area is 157 Å². The van der Waals surface area contributed by atoms with Gasteiger partial charge in [-0.2, -0.15) is 5.26 Å². The third-order valence-electron chi connectivity index (χ3n) is 5.49. The molecule has 0 spiro atoms. The van der Waals surface area contributed by atoms with E-state index in [2.05, 4.69) is 37.3 Å². The Morgan fingerprint density at radius 1 is 1.00 bits per heavy atom. The van der Waals surface area contributed by atoms with Crippen molar-refractivity contribution >= 4 is 32.1 Å². The van der Waals surface area contributed by atoms with Crippen LogP contribution >= 0.6 is 22.7 Å². The molecule has 0 atom stereocenters. The lowest BCUT2D eigenvalue weighted by Gasteiger charge is -2.25. The highest BCUT2D eigenvalue weighted by Gasteiger charge is 2.18. The monoisotopic (exact) mass is 365 g/mol. The Morgan fingerprint density at radius 2 is 1.72 bits per heavy atom. The minimum atomic E-state index is 0.724. The van der Waals surface area contributed by atoms with Crippen molar-refractivity contribution in [2.75, 3.05) is 0 Å². The van der Waals surface area contributed by atoms with Gasteiger partial charge in [-0.25, -0.2) is 0 Å². The van der Waals surface area contributed by atoms with Gasteiger partial charge in [0.15, 0.2) is 0 Å². The minimum absolute atomic E-state index is 0.724. The number of rotatable bonds is 4. The summed E-state index contributed by atoms with van der Waals surface area (Å²) >= 11 is 3.84. The molecule has 128 valence electrons. The number of nitriles is 1. The molecule has 0 unspecified atom stereocenters. The lowest BCUT2D eigenvalue weighted by Crippen LogP contribution is -2.12. The van der Waals surface area contributed by atoms with Crippen LogP contribution in [0.4, 0.5) is 0 Å². The molecule has 0 bridgehead atoms. The van der Waals surface area contributed by atoms with Crippen LogP contribution in [0.2, 0.25) is 0 Å². The molecule has 1 fully saturated rings. The van der Waals surface area contributed by atoms with E-state index in [-0.39, 0.29) is 0 Å². The summed E-state index contributed by atoms with van der Waals surface area (Å²) in [5, 5.41) is 8.92. The van der Waals surface area contributed by atoms with Crippen LogP contribution in [0.3, 0.4) is 0 Å². The van der Waals surface area contributed by atoms with Gasteiger partial charge in [0.2, 0.25) is 0 Å². The standard InChI is InChI=1S/C22H23NS2/c1-15-2-4-16(5-3-15)8-11-19-12-21-22(24-19)13-20(25-21)18-9-6-17(14-23)7-10-18/h6-7,9-10,12-13,15-16H,2-5,8,11H2,1H3. The molecular formula is C22H23NS2. The summed E-state index contributed by atoms with van der Waals surface area (Å²) in [6.45, 7) is 2.40. The van der Waals surface area contributed by atoms with Gasteiger partial charge in [0.1, 0.15) is 0 Å². The molecule has 1 saturated carbocycles. The predicted octanol–water partition coefficient (Wildman–Crippen LogP) is 7.26. The van der Waals surface area contributed by atoms with Crippen molar-refractivity contribution < 1.29 is 0 Å². The Balaban J connectivity index is 1.43. The number of benzene rings is 1. The number of hydrogen-bond donors (Lipinski definition) is 0. The topological polar surface area (TPSA) is 23.8 Å². The first-order valence-electron chi connectivity index (χ1n) is 9.24. The minimum Gasteiger partial charge on any atom is -0.192 e. The zero-order valence-corrected chi connectivity index (χ0v) is 16.3. The van der Waals surface area contributed by atoms with Crippen molar-refractivity contribution in [1.29, 1.82) is 5.26 Å². The van der Waals surface area contributed by atoms with Gasteiger partial charge in [0, 0.05) is 19.2 Å². The fourth-order valence-corrected chi connectivity index (χ4v) is 6.27. The Bertz CT molecular complexity index is 855. The van der Waals surface area contributed by atoms with Crippen LogP contribution in [0.25, 0.3) is 19.8 Å². The van der Waals surface area contributed by atoms with Gasteiger partial charge in [-0.05, 0) is 54.5 Å². The van der Waals surface area contributed by atoms with E-state index in [1.54, 1.807) is 4.88 Å². The zero-order chi connectivity index (χ0) is 17.2. The second kappa shape index (κ2) is 7.32. The van der Waals surface area contributed by atoms with E-state index in [0.717, 1.165) is 17.4 Å². The highest BCUT2D eigenvalue weighted by atomic mass is 32.1. The largest absolute Gasteiger partial charge is 0.192 e. The smallest absolute Gasteiger partial charge is 0.0991 e. The molecule has 4 rings (SSSR count). The predicted molar refractivity (Wildman–Crippen MR) is 109 cm³/mol. The van der Waals surface area contributed by atoms with E-state index in [4.69, 9.17) is 5.26 Å². The van der Waals surface area contributed by atoms with Gasteiger partial charge < -0.3 is 0 Å². The summed E-state index contributed by atoms with van der Waals surface area (Å²) in [6, 6.07) is 14.8. The van der Waals surface area contributed by atoms with E-state index >= 15 is 0 Å². The summed E-state index contributed by atoms with van der Waals surface area (Å²) in [7, 11) is 0. The summed E-state index contributed by atoms with van der Waals surface area (Å²) in [5.74, 6) is 1.90. The Kier molecular flexibility index (Phi) is 4.92. The van der Waals surface area contributed by atoms with Gasteiger partial charge >= 0.3 is 0 Å². The van der Waals surface area contributed by atoms with Gasteiger partial charge in [0.05, 0.1) is 11.6 Å². The van der Waals surface area contributed by atoms with Crippen LogP contribution in [-0.4, -0.2) is 0 Å². The van der Waals surface area contributed by atoms with E-state index in [1.807, 2.05) is 34.8 Å². The molecule has 1 aliphatic carbocycles. The molecule has 3 heteroatoms. The second-order valence-corrected chi connectivity index (χ2v) is 9.66. The lowest BCUT2D eigenvalue weighted by atomic mass is 9.81. The van der Waals surface area contributed by atoms with Crippen LogP contribution in [0.5, 0.6) is 0 Å². The Hall–Kier alpha value is -1.63. The van der Waals surface area contributed by atoms with Crippen molar-refractivity contribution in [3.63, 3.8) is 0 Å². The fourth-order valence-electron chi connectivity index (χ4n) is 3.82. The maximum Gasteiger partial charge on any atom is 0.0991 e. The number of hydrogen-bond acceptors (Lipinski definition) is 3. The molecule has 2 heterocycles. The highest BCUT2D eigenvalue weighted by Crippen LogP contribution is 2.39. The molecule has 1 aromatic carbocycles. The molecule has 1 aliphatic rings. The van der Waals surface area contributed by atoms with Crippen molar-refractivity contribution in [3.05, 3.63) is 46.8 Å². The first kappa shape index (κ1) is 16.8. The Morgan fingerprint density at radius 3 is 2.40 bits per heavy atom. The van der Waals surface area contributed by atoms with E-state index in [1.165, 1.54) is 58.4 Å². The molecule has 2 aromatic heterocycles. The molecule has 0 amide bonds. The molecule has 0 aliphatic heterocycles. The summed E-state index contributed by atoms with van der Waals surface area (Å²) in [5.41, 5.74) is 1.94. The number of thiophene rings is 2. The number of nitrogens with zero attached hydrogens (tertiary/aromatic N) is 1. The molecule has 25 heavy (non-hydrogen) atoms. The first-order chi connectivity index (χ1) is 12.2. The van der Waals surface area contributed by atoms with Gasteiger partial charge in [-0.15, -0.1) is 22.7 Å². The lowest BCUT2D eigenvalue weighted by molar-refractivity contribution is 0.278. The molecule has 0 radical (unpaired) electrons. The third-order valence-corrected chi connectivity index (χ3v) is 7.89.